The molecule has 0 aliphatic carbocycles. The number of nitrogens with zero attached hydrogens (tertiary/aromatic N) is 2. The van der Waals surface area contributed by atoms with Gasteiger partial charge in [-0.2, -0.15) is 0 Å². The molecule has 7 nitrogen and oxygen atoms in total. The van der Waals surface area contributed by atoms with Crippen molar-refractivity contribution in [2.45, 2.75) is 38.0 Å². The Balaban J connectivity index is 1.19. The first-order chi connectivity index (χ1) is 18.4. The number of carbonyl (C=O) groups excluding carboxylic acids is 1. The second-order valence-corrected chi connectivity index (χ2v) is 10.6. The maximum atomic E-state index is 13.4. The fourth-order valence-electron chi connectivity index (χ4n) is 5.09. The van der Waals surface area contributed by atoms with E-state index >= 15 is 0 Å². The van der Waals surface area contributed by atoms with Crippen LogP contribution in [0.25, 0.3) is 0 Å². The Morgan fingerprint density at radius 3 is 2.58 bits per heavy atom. The summed E-state index contributed by atoms with van der Waals surface area (Å²) < 4.78 is 10.9. The molecule has 5 rings (SSSR count). The van der Waals surface area contributed by atoms with Gasteiger partial charge in [0, 0.05) is 57.0 Å². The molecule has 0 saturated carbocycles. The smallest absolute Gasteiger partial charge is 0.237 e. The van der Waals surface area contributed by atoms with Crippen molar-refractivity contribution in [2.24, 2.45) is 0 Å². The lowest BCUT2D eigenvalue weighted by atomic mass is 10.1. The van der Waals surface area contributed by atoms with Gasteiger partial charge in [0.1, 0.15) is 0 Å². The minimum Gasteiger partial charge on any atom is -0.454 e. The van der Waals surface area contributed by atoms with Gasteiger partial charge in [0.2, 0.25) is 12.7 Å². The van der Waals surface area contributed by atoms with Crippen LogP contribution in [-0.2, 0) is 24.3 Å². The third kappa shape index (κ3) is 6.59. The lowest BCUT2D eigenvalue weighted by Crippen LogP contribution is -2.43. The first-order valence-electron chi connectivity index (χ1n) is 13.1. The van der Waals surface area contributed by atoms with Gasteiger partial charge in [0.15, 0.2) is 11.5 Å². The fraction of sp³-hybridized carbons (Fsp3) is 0.367. The molecule has 1 saturated heterocycles. The molecule has 38 heavy (non-hydrogen) atoms. The van der Waals surface area contributed by atoms with E-state index in [2.05, 4.69) is 50.8 Å². The number of hydrogen-bond acceptors (Lipinski definition) is 6. The van der Waals surface area contributed by atoms with Crippen LogP contribution in [0.5, 0.6) is 11.5 Å². The van der Waals surface area contributed by atoms with E-state index in [9.17, 15) is 4.79 Å². The quantitative estimate of drug-likeness (QED) is 0.406. The zero-order valence-electron chi connectivity index (χ0n) is 22.0. The van der Waals surface area contributed by atoms with E-state index in [-0.39, 0.29) is 24.8 Å². The summed E-state index contributed by atoms with van der Waals surface area (Å²) in [5.74, 6) is 1.60. The maximum Gasteiger partial charge on any atom is 0.237 e. The number of benzene rings is 3. The Labute approximate surface area is 229 Å². The van der Waals surface area contributed by atoms with E-state index in [0.717, 1.165) is 48.6 Å². The summed E-state index contributed by atoms with van der Waals surface area (Å²) in [6, 6.07) is 22.4. The molecule has 0 unspecified atom stereocenters. The van der Waals surface area contributed by atoms with Gasteiger partial charge in [-0.1, -0.05) is 41.9 Å². The first-order valence-corrected chi connectivity index (χ1v) is 13.5. The highest BCUT2D eigenvalue weighted by Crippen LogP contribution is 2.32. The van der Waals surface area contributed by atoms with Gasteiger partial charge in [-0.3, -0.25) is 9.69 Å². The molecule has 8 heteroatoms. The molecule has 2 atom stereocenters. The van der Waals surface area contributed by atoms with Crippen LogP contribution < -0.4 is 25.0 Å². The lowest BCUT2D eigenvalue weighted by Gasteiger charge is -2.23. The molecule has 2 aliphatic heterocycles. The van der Waals surface area contributed by atoms with Gasteiger partial charge in [0.05, 0.1) is 6.04 Å². The Kier molecular flexibility index (Phi) is 8.37. The molecule has 1 fully saturated rings. The summed E-state index contributed by atoms with van der Waals surface area (Å²) in [7, 11) is 4.08. The highest BCUT2D eigenvalue weighted by atomic mass is 35.5. The van der Waals surface area contributed by atoms with Gasteiger partial charge < -0.3 is 25.0 Å². The van der Waals surface area contributed by atoms with Gasteiger partial charge in [0.25, 0.3) is 0 Å². The molecule has 2 heterocycles. The molecule has 2 aliphatic rings. The second-order valence-electron chi connectivity index (χ2n) is 10.2. The van der Waals surface area contributed by atoms with Crippen LogP contribution in [0.2, 0.25) is 5.02 Å². The van der Waals surface area contributed by atoms with Crippen molar-refractivity contribution in [3.8, 4) is 11.5 Å². The molecule has 0 spiro atoms. The predicted molar refractivity (Wildman–Crippen MR) is 151 cm³/mol. The number of hydrogen-bond donors (Lipinski definition) is 2. The average molecular weight is 535 g/mol. The van der Waals surface area contributed by atoms with E-state index in [1.807, 2.05) is 50.5 Å². The molecule has 0 radical (unpaired) electrons. The van der Waals surface area contributed by atoms with E-state index in [0.29, 0.717) is 18.1 Å². The van der Waals surface area contributed by atoms with E-state index in [1.54, 1.807) is 0 Å². The summed E-state index contributed by atoms with van der Waals surface area (Å²) in [6.07, 6.45) is 1.49. The minimum atomic E-state index is -0.209. The number of amides is 1. The van der Waals surface area contributed by atoms with Gasteiger partial charge in [-0.15, -0.1) is 0 Å². The number of halogens is 1. The van der Waals surface area contributed by atoms with Crippen LogP contribution in [0, 0.1) is 0 Å². The Morgan fingerprint density at radius 1 is 1.00 bits per heavy atom. The zero-order chi connectivity index (χ0) is 26.5. The monoisotopic (exact) mass is 534 g/mol. The van der Waals surface area contributed by atoms with Crippen molar-refractivity contribution in [1.29, 1.82) is 0 Å². The van der Waals surface area contributed by atoms with Gasteiger partial charge >= 0.3 is 0 Å². The Morgan fingerprint density at radius 2 is 1.79 bits per heavy atom. The summed E-state index contributed by atoms with van der Waals surface area (Å²) in [4.78, 5) is 17.7. The van der Waals surface area contributed by atoms with E-state index in [4.69, 9.17) is 21.1 Å². The number of fused-ring (bicyclic) bond motifs is 1. The number of rotatable bonds is 10. The van der Waals surface area contributed by atoms with Crippen LogP contribution in [0.4, 0.5) is 5.69 Å². The van der Waals surface area contributed by atoms with Crippen molar-refractivity contribution in [2.75, 3.05) is 38.9 Å². The number of likely N-dealkylation sites (tertiary alicyclic amines) is 1. The highest BCUT2D eigenvalue weighted by molar-refractivity contribution is 6.30. The number of anilines is 1. The molecule has 0 aromatic heterocycles. The second kappa shape index (κ2) is 12.1. The van der Waals surface area contributed by atoms with Crippen molar-refractivity contribution >= 4 is 23.2 Å². The van der Waals surface area contributed by atoms with E-state index < -0.39 is 0 Å². The molecule has 200 valence electrons. The Hall–Kier alpha value is -3.26. The topological polar surface area (TPSA) is 66.1 Å². The number of ether oxygens (including phenoxy) is 2. The average Bonchev–Trinajstić information content (AvgIpc) is 3.54. The van der Waals surface area contributed by atoms with Crippen molar-refractivity contribution in [3.05, 3.63) is 88.4 Å². The number of carbonyl (C=O) groups is 1. The van der Waals surface area contributed by atoms with Crippen LogP contribution in [0.1, 0.15) is 23.1 Å². The molecular weight excluding hydrogens is 500 g/mol. The summed E-state index contributed by atoms with van der Waals surface area (Å²) in [6.45, 7) is 3.06. The van der Waals surface area contributed by atoms with Crippen molar-refractivity contribution in [3.63, 3.8) is 0 Å². The molecule has 3 aromatic carbocycles. The largest absolute Gasteiger partial charge is 0.454 e. The summed E-state index contributed by atoms with van der Waals surface area (Å²) in [5.41, 5.74) is 4.63. The maximum absolute atomic E-state index is 13.4. The Bertz CT molecular complexity index is 1250. The molecule has 2 N–H and O–H groups in total. The highest BCUT2D eigenvalue weighted by Gasteiger charge is 2.36. The fourth-order valence-corrected chi connectivity index (χ4v) is 5.30. The third-order valence-corrected chi connectivity index (χ3v) is 7.41. The SMILES string of the molecule is CN(C)c1ccc(CN[C@H]2C[C@@H](C(=O)NCCc3ccc4c(c3)OCO4)N(Cc3cccc(Cl)c3)C2)cc1. The third-order valence-electron chi connectivity index (χ3n) is 7.18. The number of nitrogens with one attached hydrogen (secondary N) is 2. The first kappa shape index (κ1) is 26.4. The van der Waals surface area contributed by atoms with Crippen LogP contribution in [0.15, 0.2) is 66.7 Å². The zero-order valence-corrected chi connectivity index (χ0v) is 22.7. The molecule has 0 bridgehead atoms. The van der Waals surface area contributed by atoms with Crippen molar-refractivity contribution < 1.29 is 14.3 Å². The van der Waals surface area contributed by atoms with E-state index in [1.165, 1.54) is 11.3 Å². The summed E-state index contributed by atoms with van der Waals surface area (Å²) in [5, 5.41) is 7.56. The van der Waals surface area contributed by atoms with Crippen molar-refractivity contribution in [1.82, 2.24) is 15.5 Å². The molecule has 1 amide bonds. The normalized spacial score (nSPS) is 18.5. The standard InChI is InChI=1S/C30H35ClN4O3/c1-34(2)26-9-6-22(7-10-26)17-33-25-16-27(35(19-25)18-23-4-3-5-24(31)14-23)30(36)32-13-12-21-8-11-28-29(15-21)38-20-37-28/h3-11,14-15,25,27,33H,12-13,16-20H2,1-2H3,(H,32,36)/t25-,27-/m0/s1. The lowest BCUT2D eigenvalue weighted by molar-refractivity contribution is -0.125. The minimum absolute atomic E-state index is 0.0624. The van der Waals surface area contributed by atoms with Gasteiger partial charge in [-0.05, 0) is 65.9 Å². The van der Waals surface area contributed by atoms with Gasteiger partial charge in [-0.25, -0.2) is 0 Å². The van der Waals surface area contributed by atoms with Crippen LogP contribution in [-0.4, -0.2) is 56.9 Å². The molecule has 3 aromatic rings. The predicted octanol–water partition coefficient (Wildman–Crippen LogP) is 4.23. The summed E-state index contributed by atoms with van der Waals surface area (Å²) >= 11 is 6.24. The molecular formula is C30H35ClN4O3. The van der Waals surface area contributed by atoms with Crippen LogP contribution >= 0.6 is 11.6 Å². The van der Waals surface area contributed by atoms with Crippen LogP contribution in [0.3, 0.4) is 0 Å².